The third-order valence-electron chi connectivity index (χ3n) is 7.41. The molecule has 0 saturated heterocycles. The van der Waals surface area contributed by atoms with Gasteiger partial charge in [0.05, 0.1) is 11.1 Å². The van der Waals surface area contributed by atoms with Crippen molar-refractivity contribution in [3.05, 3.63) is 70.9 Å². The Morgan fingerprint density at radius 3 is 2.38 bits per heavy atom. The normalized spacial score (nSPS) is 18.6. The number of hydrogen-bond acceptors (Lipinski definition) is 4. The van der Waals surface area contributed by atoms with Crippen molar-refractivity contribution in [2.24, 2.45) is 5.92 Å². The van der Waals surface area contributed by atoms with E-state index in [1.807, 2.05) is 0 Å². The van der Waals surface area contributed by atoms with E-state index in [1.54, 1.807) is 32.0 Å². The van der Waals surface area contributed by atoms with E-state index in [1.165, 1.54) is 24.3 Å². The highest BCUT2D eigenvalue weighted by Crippen LogP contribution is 2.40. The van der Waals surface area contributed by atoms with Gasteiger partial charge in [0.1, 0.15) is 11.6 Å². The zero-order valence-corrected chi connectivity index (χ0v) is 21.3. The third kappa shape index (κ3) is 5.39. The number of ketones is 1. The highest BCUT2D eigenvalue weighted by Gasteiger charge is 2.46. The molecule has 11 heteroatoms. The van der Waals surface area contributed by atoms with E-state index in [0.717, 1.165) is 6.07 Å². The summed E-state index contributed by atoms with van der Waals surface area (Å²) in [6, 6.07) is 10.3. The minimum Gasteiger partial charge on any atom is -0.479 e. The van der Waals surface area contributed by atoms with Crippen LogP contribution < -0.4 is 10.6 Å². The molecule has 1 aliphatic carbocycles. The molecule has 0 fully saturated rings. The van der Waals surface area contributed by atoms with Crippen LogP contribution in [0.25, 0.3) is 10.9 Å². The van der Waals surface area contributed by atoms with Crippen LogP contribution in [0.2, 0.25) is 0 Å². The summed E-state index contributed by atoms with van der Waals surface area (Å²) in [5.41, 5.74) is -1.82. The van der Waals surface area contributed by atoms with Crippen LogP contribution in [0.1, 0.15) is 53.9 Å². The van der Waals surface area contributed by atoms with Gasteiger partial charge in [-0.2, -0.15) is 13.2 Å². The van der Waals surface area contributed by atoms with Crippen LogP contribution in [0.3, 0.4) is 0 Å². The summed E-state index contributed by atoms with van der Waals surface area (Å²) in [7, 11) is 0. The Kier molecular flexibility index (Phi) is 7.54. The van der Waals surface area contributed by atoms with Crippen LogP contribution in [-0.4, -0.2) is 45.2 Å². The predicted octanol–water partition coefficient (Wildman–Crippen LogP) is 4.03. The molecule has 8 nitrogen and oxygen atoms in total. The van der Waals surface area contributed by atoms with Gasteiger partial charge in [0.15, 0.2) is 0 Å². The lowest BCUT2D eigenvalue weighted by molar-refractivity contribution is -0.149. The average molecular weight is 544 g/mol. The van der Waals surface area contributed by atoms with Crippen molar-refractivity contribution in [2.75, 3.05) is 0 Å². The van der Waals surface area contributed by atoms with Gasteiger partial charge in [-0.25, -0.2) is 4.79 Å². The van der Waals surface area contributed by atoms with E-state index in [-0.39, 0.29) is 35.7 Å². The molecule has 3 aromatic rings. The van der Waals surface area contributed by atoms with Crippen LogP contribution in [0.5, 0.6) is 0 Å². The maximum Gasteiger partial charge on any atom is 0.418 e. The molecule has 0 radical (unpaired) electrons. The van der Waals surface area contributed by atoms with Gasteiger partial charge in [-0.15, -0.1) is 0 Å². The Balaban J connectivity index is 1.62. The molecule has 1 heterocycles. The van der Waals surface area contributed by atoms with Crippen LogP contribution in [0, 0.1) is 5.92 Å². The molecule has 206 valence electrons. The minimum atomic E-state index is -4.61. The molecule has 3 atom stereocenters. The first-order chi connectivity index (χ1) is 18.4. The summed E-state index contributed by atoms with van der Waals surface area (Å²) in [5.74, 6) is -4.44. The average Bonchev–Trinajstić information content (AvgIpc) is 3.28. The monoisotopic (exact) mass is 543 g/mol. The van der Waals surface area contributed by atoms with Gasteiger partial charge in [-0.05, 0) is 30.4 Å². The number of alkyl halides is 3. The maximum absolute atomic E-state index is 13.6. The van der Waals surface area contributed by atoms with Crippen molar-refractivity contribution in [3.8, 4) is 0 Å². The van der Waals surface area contributed by atoms with E-state index in [9.17, 15) is 37.5 Å². The lowest BCUT2D eigenvalue weighted by atomic mass is 9.79. The van der Waals surface area contributed by atoms with E-state index in [2.05, 4.69) is 15.6 Å². The maximum atomic E-state index is 13.6. The Bertz CT molecular complexity index is 1430. The molecule has 1 aliphatic rings. The molecular formula is C28H28F3N3O5. The number of aryl methyl sites for hydroxylation is 1. The van der Waals surface area contributed by atoms with Gasteiger partial charge in [0, 0.05) is 23.1 Å². The van der Waals surface area contributed by atoms with Gasteiger partial charge in [0.2, 0.25) is 11.7 Å². The standard InChI is InChI=1S/C28H28F3N3O5/c1-3-15(2)21(33-25(37)23(35)16-8-5-4-6-9-16)24(36)34-27(26(38)39)13-12-20-18(14-27)17-10-7-11-19(22(17)32-20)28(29,30)31/h4-11,15,21,32H,3,12-14H2,1-2H3,(H,33,37)(H,34,36)(H,38,39)/t15?,21?,27-/m1/s1. The Morgan fingerprint density at radius 1 is 1.08 bits per heavy atom. The molecule has 4 rings (SSSR count). The van der Waals surface area contributed by atoms with Crippen LogP contribution in [0.15, 0.2) is 48.5 Å². The zero-order valence-electron chi connectivity index (χ0n) is 21.3. The van der Waals surface area contributed by atoms with Gasteiger partial charge >= 0.3 is 12.1 Å². The fourth-order valence-corrected chi connectivity index (χ4v) is 4.99. The number of halogens is 3. The zero-order chi connectivity index (χ0) is 28.5. The number of carboxylic acid groups (broad SMARTS) is 1. The van der Waals surface area contributed by atoms with Crippen LogP contribution in [-0.2, 0) is 33.4 Å². The highest BCUT2D eigenvalue weighted by atomic mass is 19.4. The first kappa shape index (κ1) is 27.9. The number of H-pyrrole nitrogens is 1. The van der Waals surface area contributed by atoms with Gasteiger partial charge in [-0.1, -0.05) is 62.7 Å². The number of nitrogens with one attached hydrogen (secondary N) is 3. The number of fused-ring (bicyclic) bond motifs is 3. The number of hydrogen-bond donors (Lipinski definition) is 4. The number of aromatic nitrogens is 1. The number of para-hydroxylation sites is 1. The lowest BCUT2D eigenvalue weighted by Crippen LogP contribution is -2.63. The number of benzene rings is 2. The molecule has 39 heavy (non-hydrogen) atoms. The molecule has 2 aromatic carbocycles. The smallest absolute Gasteiger partial charge is 0.418 e. The predicted molar refractivity (Wildman–Crippen MR) is 136 cm³/mol. The van der Waals surface area contributed by atoms with Gasteiger partial charge in [-0.3, -0.25) is 14.4 Å². The number of aromatic amines is 1. The number of rotatable bonds is 8. The molecular weight excluding hydrogens is 515 g/mol. The Labute approximate surface area is 222 Å². The van der Waals surface area contributed by atoms with E-state index >= 15 is 0 Å². The number of carboxylic acids is 1. The number of carbonyl (C=O) groups excluding carboxylic acids is 3. The van der Waals surface area contributed by atoms with Gasteiger partial charge < -0.3 is 20.7 Å². The summed E-state index contributed by atoms with van der Waals surface area (Å²) in [4.78, 5) is 54.1. The highest BCUT2D eigenvalue weighted by molar-refractivity contribution is 6.43. The van der Waals surface area contributed by atoms with Crippen LogP contribution in [0.4, 0.5) is 13.2 Å². The molecule has 1 aromatic heterocycles. The first-order valence-corrected chi connectivity index (χ1v) is 12.5. The van der Waals surface area contributed by atoms with Crippen LogP contribution >= 0.6 is 0 Å². The quantitative estimate of drug-likeness (QED) is 0.252. The topological polar surface area (TPSA) is 128 Å². The second-order valence-electron chi connectivity index (χ2n) is 9.89. The number of Topliss-reactive ketones (excluding diaryl/α,β-unsaturated/α-hetero) is 1. The number of aliphatic carboxylic acids is 1. The fourth-order valence-electron chi connectivity index (χ4n) is 4.99. The second kappa shape index (κ2) is 10.5. The third-order valence-corrected chi connectivity index (χ3v) is 7.41. The molecule has 0 aliphatic heterocycles. The second-order valence-corrected chi connectivity index (χ2v) is 9.89. The summed E-state index contributed by atoms with van der Waals surface area (Å²) >= 11 is 0. The molecule has 0 spiro atoms. The Morgan fingerprint density at radius 2 is 1.77 bits per heavy atom. The first-order valence-electron chi connectivity index (χ1n) is 12.5. The van der Waals surface area contributed by atoms with Crippen molar-refractivity contribution < 1.29 is 37.5 Å². The molecule has 4 N–H and O–H groups in total. The van der Waals surface area contributed by atoms with E-state index < -0.39 is 52.8 Å². The SMILES string of the molecule is CCC(C)C(NC(=O)C(=O)c1ccccc1)C(=O)N[C@]1(C(=O)O)CCc2[nH]c3c(C(F)(F)F)cccc3c2C1. The van der Waals surface area contributed by atoms with Crippen molar-refractivity contribution in [1.29, 1.82) is 0 Å². The lowest BCUT2D eigenvalue weighted by Gasteiger charge is -2.36. The number of amides is 2. The summed E-state index contributed by atoms with van der Waals surface area (Å²) in [5, 5.41) is 15.5. The largest absolute Gasteiger partial charge is 0.479 e. The summed E-state index contributed by atoms with van der Waals surface area (Å²) < 4.78 is 40.7. The summed E-state index contributed by atoms with van der Waals surface area (Å²) in [6.45, 7) is 3.46. The van der Waals surface area contributed by atoms with Gasteiger partial charge in [0.25, 0.3) is 5.91 Å². The molecule has 2 unspecified atom stereocenters. The Hall–Kier alpha value is -4.15. The minimum absolute atomic E-state index is 0.0840. The van der Waals surface area contributed by atoms with Crippen molar-refractivity contribution in [1.82, 2.24) is 15.6 Å². The van der Waals surface area contributed by atoms with Crippen molar-refractivity contribution in [2.45, 2.75) is 57.3 Å². The fraction of sp³-hybridized carbons (Fsp3) is 0.357. The molecule has 0 saturated carbocycles. The van der Waals surface area contributed by atoms with Crippen molar-refractivity contribution >= 4 is 34.5 Å². The van der Waals surface area contributed by atoms with E-state index in [0.29, 0.717) is 17.7 Å². The summed E-state index contributed by atoms with van der Waals surface area (Å²) in [6.07, 6.45) is -4.43. The molecule has 2 amide bonds. The number of carbonyl (C=O) groups is 4. The van der Waals surface area contributed by atoms with Crippen molar-refractivity contribution in [3.63, 3.8) is 0 Å². The van der Waals surface area contributed by atoms with E-state index in [4.69, 9.17) is 0 Å². The molecule has 0 bridgehead atoms.